The molecular formula is C22H24FN7O. The minimum absolute atomic E-state index is 0.0166. The van der Waals surface area contributed by atoms with Gasteiger partial charge in [0.05, 0.1) is 24.6 Å². The Balaban J connectivity index is 1.60. The first-order chi connectivity index (χ1) is 14.9. The molecule has 1 aliphatic rings. The lowest BCUT2D eigenvalue weighted by Crippen LogP contribution is -2.48. The van der Waals surface area contributed by atoms with E-state index >= 15 is 0 Å². The maximum absolute atomic E-state index is 13.3. The molecule has 9 heteroatoms. The van der Waals surface area contributed by atoms with Crippen LogP contribution in [-0.4, -0.2) is 42.1 Å². The van der Waals surface area contributed by atoms with Gasteiger partial charge in [-0.25, -0.2) is 24.1 Å². The highest BCUT2D eigenvalue weighted by Crippen LogP contribution is 2.36. The van der Waals surface area contributed by atoms with Gasteiger partial charge in [0.15, 0.2) is 17.5 Å². The van der Waals surface area contributed by atoms with E-state index in [1.165, 1.54) is 6.20 Å². The summed E-state index contributed by atoms with van der Waals surface area (Å²) >= 11 is 0. The summed E-state index contributed by atoms with van der Waals surface area (Å²) in [5, 5.41) is 11.1. The van der Waals surface area contributed by atoms with Crippen LogP contribution in [0.4, 0.5) is 14.9 Å². The number of piperidine rings is 1. The van der Waals surface area contributed by atoms with Crippen LogP contribution in [0.2, 0.25) is 0 Å². The van der Waals surface area contributed by atoms with E-state index in [0.29, 0.717) is 23.3 Å². The Hall–Kier alpha value is -3.49. The average molecular weight is 421 g/mol. The number of amides is 2. The number of urea groups is 1. The molecule has 160 valence electrons. The molecule has 4 rings (SSSR count). The second-order valence-corrected chi connectivity index (χ2v) is 8.03. The number of carbonyl (C=O) groups excluding carboxylic acids is 1. The zero-order valence-corrected chi connectivity index (χ0v) is 17.7. The second kappa shape index (κ2) is 8.71. The molecule has 3 heterocycles. The molecule has 1 aromatic carbocycles. The van der Waals surface area contributed by atoms with E-state index in [1.807, 2.05) is 26.0 Å². The van der Waals surface area contributed by atoms with Crippen molar-refractivity contribution in [3.05, 3.63) is 60.2 Å². The van der Waals surface area contributed by atoms with Crippen LogP contribution in [0.1, 0.15) is 44.1 Å². The van der Waals surface area contributed by atoms with Gasteiger partial charge in [-0.1, -0.05) is 13.0 Å². The fraction of sp³-hybridized carbons (Fsp3) is 0.364. The normalized spacial score (nSPS) is 21.0. The van der Waals surface area contributed by atoms with Gasteiger partial charge in [0, 0.05) is 23.5 Å². The maximum Gasteiger partial charge on any atom is 0.322 e. The highest BCUT2D eigenvalue weighted by Gasteiger charge is 2.37. The first kappa shape index (κ1) is 20.8. The van der Waals surface area contributed by atoms with Crippen molar-refractivity contribution in [1.82, 2.24) is 30.0 Å². The lowest BCUT2D eigenvalue weighted by atomic mass is 9.87. The maximum atomic E-state index is 13.3. The molecule has 3 aromatic rings. The molecule has 3 atom stereocenters. The summed E-state index contributed by atoms with van der Waals surface area (Å²) in [5.74, 6) is 0.884. The number of nitrogens with one attached hydrogen (secondary N) is 1. The van der Waals surface area contributed by atoms with Crippen LogP contribution in [-0.2, 0) is 0 Å². The Bertz CT molecular complexity index is 1060. The Morgan fingerprint density at radius 1 is 1.13 bits per heavy atom. The largest absolute Gasteiger partial charge is 0.322 e. The SMILES string of the molecule is Cc1ccc(NC(=O)N2C(c3nccnn3)C[C@H](C)C[C@H]2C)cc1-c1ncc(F)cn1. The van der Waals surface area contributed by atoms with Gasteiger partial charge in [-0.3, -0.25) is 0 Å². The van der Waals surface area contributed by atoms with Crippen LogP contribution in [0.15, 0.2) is 43.0 Å². The molecule has 0 bridgehead atoms. The predicted molar refractivity (Wildman–Crippen MR) is 113 cm³/mol. The quantitative estimate of drug-likeness (QED) is 0.682. The van der Waals surface area contributed by atoms with Crippen molar-refractivity contribution in [2.45, 2.75) is 45.7 Å². The number of rotatable bonds is 3. The third-order valence-electron chi connectivity index (χ3n) is 5.56. The van der Waals surface area contributed by atoms with Crippen LogP contribution in [0.3, 0.4) is 0 Å². The van der Waals surface area contributed by atoms with Gasteiger partial charge in [-0.15, -0.1) is 5.10 Å². The van der Waals surface area contributed by atoms with Gasteiger partial charge in [0.25, 0.3) is 0 Å². The molecule has 1 unspecified atom stereocenters. The molecule has 1 saturated heterocycles. The summed E-state index contributed by atoms with van der Waals surface area (Å²) in [7, 11) is 0. The van der Waals surface area contributed by atoms with Crippen LogP contribution in [0, 0.1) is 18.7 Å². The molecule has 8 nitrogen and oxygen atoms in total. The fourth-order valence-electron chi connectivity index (χ4n) is 4.16. The number of aryl methyl sites for hydroxylation is 1. The molecule has 31 heavy (non-hydrogen) atoms. The van der Waals surface area contributed by atoms with E-state index < -0.39 is 5.82 Å². The topological polar surface area (TPSA) is 96.8 Å². The van der Waals surface area contributed by atoms with Crippen LogP contribution < -0.4 is 5.32 Å². The summed E-state index contributed by atoms with van der Waals surface area (Å²) in [6.45, 7) is 6.12. The van der Waals surface area contributed by atoms with Crippen molar-refractivity contribution in [2.75, 3.05) is 5.32 Å². The zero-order valence-electron chi connectivity index (χ0n) is 17.7. The van der Waals surface area contributed by atoms with E-state index in [0.717, 1.165) is 36.4 Å². The molecule has 0 radical (unpaired) electrons. The molecule has 0 saturated carbocycles. The number of halogens is 1. The molecule has 2 aromatic heterocycles. The van der Waals surface area contributed by atoms with E-state index in [2.05, 4.69) is 37.4 Å². The molecule has 0 spiro atoms. The third-order valence-corrected chi connectivity index (χ3v) is 5.56. The molecule has 1 aliphatic heterocycles. The van der Waals surface area contributed by atoms with Crippen molar-refractivity contribution in [3.63, 3.8) is 0 Å². The van der Waals surface area contributed by atoms with Crippen molar-refractivity contribution in [1.29, 1.82) is 0 Å². The van der Waals surface area contributed by atoms with Gasteiger partial charge >= 0.3 is 6.03 Å². The number of hydrogen-bond donors (Lipinski definition) is 1. The Kier molecular flexibility index (Phi) is 5.83. The minimum Gasteiger partial charge on any atom is -0.311 e. The Labute approximate surface area is 180 Å². The number of hydrogen-bond acceptors (Lipinski definition) is 6. The van der Waals surface area contributed by atoms with Crippen molar-refractivity contribution < 1.29 is 9.18 Å². The number of carbonyl (C=O) groups is 1. The summed E-state index contributed by atoms with van der Waals surface area (Å²) in [6, 6.07) is 5.04. The fourth-order valence-corrected chi connectivity index (χ4v) is 4.16. The van der Waals surface area contributed by atoms with Crippen LogP contribution >= 0.6 is 0 Å². The van der Waals surface area contributed by atoms with E-state index in [9.17, 15) is 9.18 Å². The standard InChI is InChI=1S/C22H24FN7O/c1-13-8-15(3)30(19(9-13)21-24-6-7-27-29-21)22(31)28-17-5-4-14(2)18(10-17)20-25-11-16(23)12-26-20/h4-7,10-13,15,19H,8-9H2,1-3H3,(H,28,31)/t13-,15-,19?/m1/s1. The molecule has 1 fully saturated rings. The van der Waals surface area contributed by atoms with Crippen LogP contribution in [0.25, 0.3) is 11.4 Å². The highest BCUT2D eigenvalue weighted by atomic mass is 19.1. The average Bonchev–Trinajstić information content (AvgIpc) is 2.75. The zero-order chi connectivity index (χ0) is 22.0. The van der Waals surface area contributed by atoms with Gasteiger partial charge in [0.1, 0.15) is 0 Å². The van der Waals surface area contributed by atoms with E-state index in [4.69, 9.17) is 0 Å². The first-order valence-electron chi connectivity index (χ1n) is 10.2. The van der Waals surface area contributed by atoms with E-state index in [1.54, 1.807) is 17.2 Å². The molecule has 1 N–H and O–H groups in total. The second-order valence-electron chi connectivity index (χ2n) is 8.03. The summed E-state index contributed by atoms with van der Waals surface area (Å²) < 4.78 is 13.2. The van der Waals surface area contributed by atoms with Gasteiger partial charge < -0.3 is 10.2 Å². The Morgan fingerprint density at radius 2 is 1.90 bits per heavy atom. The monoisotopic (exact) mass is 421 g/mol. The smallest absolute Gasteiger partial charge is 0.311 e. The Morgan fingerprint density at radius 3 is 2.61 bits per heavy atom. The summed E-state index contributed by atoms with van der Waals surface area (Å²) in [6.07, 6.45) is 7.04. The predicted octanol–water partition coefficient (Wildman–Crippen LogP) is 4.17. The van der Waals surface area contributed by atoms with Gasteiger partial charge in [-0.05, 0) is 50.3 Å². The molecule has 2 amide bonds. The lowest BCUT2D eigenvalue weighted by molar-refractivity contribution is 0.0954. The minimum atomic E-state index is -0.497. The first-order valence-corrected chi connectivity index (χ1v) is 10.2. The van der Waals surface area contributed by atoms with Crippen molar-refractivity contribution >= 4 is 11.7 Å². The third kappa shape index (κ3) is 4.50. The number of aromatic nitrogens is 5. The summed E-state index contributed by atoms with van der Waals surface area (Å²) in [5.41, 5.74) is 2.26. The summed E-state index contributed by atoms with van der Waals surface area (Å²) in [4.78, 5) is 27.6. The number of likely N-dealkylation sites (tertiary alicyclic amines) is 1. The van der Waals surface area contributed by atoms with Gasteiger partial charge in [-0.2, -0.15) is 5.10 Å². The van der Waals surface area contributed by atoms with Crippen molar-refractivity contribution in [2.24, 2.45) is 5.92 Å². The number of anilines is 1. The van der Waals surface area contributed by atoms with E-state index in [-0.39, 0.29) is 18.1 Å². The molecule has 0 aliphatic carbocycles. The number of benzene rings is 1. The van der Waals surface area contributed by atoms with Crippen LogP contribution in [0.5, 0.6) is 0 Å². The molecular weight excluding hydrogens is 397 g/mol. The lowest BCUT2D eigenvalue weighted by Gasteiger charge is -2.42. The van der Waals surface area contributed by atoms with Gasteiger partial charge in [0.2, 0.25) is 0 Å². The van der Waals surface area contributed by atoms with Crippen molar-refractivity contribution in [3.8, 4) is 11.4 Å². The highest BCUT2D eigenvalue weighted by molar-refractivity contribution is 5.90. The number of nitrogens with zero attached hydrogens (tertiary/aromatic N) is 6.